The maximum Gasteiger partial charge on any atom is 0.407 e. The summed E-state index contributed by atoms with van der Waals surface area (Å²) in [5.74, 6) is 0. The SMILES string of the molecule is C[C@@H](Cc1ccc(N(C)C)cc1)NC(=O)OC(C)(C)C. The molecule has 4 heteroatoms. The summed E-state index contributed by atoms with van der Waals surface area (Å²) in [7, 11) is 4.03. The number of hydrogen-bond acceptors (Lipinski definition) is 3. The Bertz CT molecular complexity index is 433. The molecule has 112 valence electrons. The third-order valence-corrected chi connectivity index (χ3v) is 2.76. The molecule has 1 amide bonds. The van der Waals surface area contributed by atoms with Gasteiger partial charge in [0, 0.05) is 25.8 Å². The second-order valence-corrected chi connectivity index (χ2v) is 6.31. The topological polar surface area (TPSA) is 41.6 Å². The van der Waals surface area contributed by atoms with Crippen LogP contribution in [0, 0.1) is 0 Å². The van der Waals surface area contributed by atoms with Crippen LogP contribution in [0.5, 0.6) is 0 Å². The average Bonchev–Trinajstić information content (AvgIpc) is 2.26. The first-order valence-electron chi connectivity index (χ1n) is 6.93. The Morgan fingerprint density at radius 1 is 1.25 bits per heavy atom. The van der Waals surface area contributed by atoms with Gasteiger partial charge in [-0.15, -0.1) is 0 Å². The van der Waals surface area contributed by atoms with Crippen molar-refractivity contribution in [3.8, 4) is 0 Å². The third kappa shape index (κ3) is 5.95. The van der Waals surface area contributed by atoms with E-state index in [1.54, 1.807) is 0 Å². The van der Waals surface area contributed by atoms with Crippen molar-refractivity contribution in [2.24, 2.45) is 0 Å². The molecule has 0 aliphatic rings. The van der Waals surface area contributed by atoms with Crippen molar-refractivity contribution in [1.82, 2.24) is 5.32 Å². The fourth-order valence-corrected chi connectivity index (χ4v) is 1.84. The van der Waals surface area contributed by atoms with Crippen LogP contribution in [-0.4, -0.2) is 31.8 Å². The van der Waals surface area contributed by atoms with E-state index in [9.17, 15) is 4.79 Å². The molecule has 0 aliphatic heterocycles. The fourth-order valence-electron chi connectivity index (χ4n) is 1.84. The highest BCUT2D eigenvalue weighted by Gasteiger charge is 2.17. The molecule has 1 rings (SSSR count). The first-order valence-corrected chi connectivity index (χ1v) is 6.93. The van der Waals surface area contributed by atoms with Crippen molar-refractivity contribution < 1.29 is 9.53 Å². The van der Waals surface area contributed by atoms with E-state index >= 15 is 0 Å². The molecule has 4 nitrogen and oxygen atoms in total. The number of rotatable bonds is 4. The van der Waals surface area contributed by atoms with E-state index in [1.807, 2.05) is 41.8 Å². The lowest BCUT2D eigenvalue weighted by Crippen LogP contribution is -2.38. The number of amides is 1. The van der Waals surface area contributed by atoms with E-state index in [-0.39, 0.29) is 12.1 Å². The molecule has 0 saturated heterocycles. The number of benzene rings is 1. The number of nitrogens with one attached hydrogen (secondary N) is 1. The Labute approximate surface area is 122 Å². The van der Waals surface area contributed by atoms with Crippen LogP contribution in [0.15, 0.2) is 24.3 Å². The zero-order valence-corrected chi connectivity index (χ0v) is 13.4. The van der Waals surface area contributed by atoms with Gasteiger partial charge in [-0.05, 0) is 51.8 Å². The largest absolute Gasteiger partial charge is 0.444 e. The number of carbonyl (C=O) groups excluding carboxylic acids is 1. The molecule has 1 atom stereocenters. The highest BCUT2D eigenvalue weighted by molar-refractivity contribution is 5.68. The molecule has 20 heavy (non-hydrogen) atoms. The smallest absolute Gasteiger partial charge is 0.407 e. The van der Waals surface area contributed by atoms with Gasteiger partial charge in [0.1, 0.15) is 5.60 Å². The number of alkyl carbamates (subject to hydrolysis) is 1. The minimum atomic E-state index is -0.461. The van der Waals surface area contributed by atoms with Crippen LogP contribution < -0.4 is 10.2 Å². The van der Waals surface area contributed by atoms with Gasteiger partial charge in [-0.2, -0.15) is 0 Å². The van der Waals surface area contributed by atoms with Crippen LogP contribution >= 0.6 is 0 Å². The summed E-state index contributed by atoms with van der Waals surface area (Å²) in [5.41, 5.74) is 1.90. The normalized spacial score (nSPS) is 12.7. The molecule has 0 spiro atoms. The van der Waals surface area contributed by atoms with E-state index in [1.165, 1.54) is 11.3 Å². The van der Waals surface area contributed by atoms with Gasteiger partial charge in [0.15, 0.2) is 0 Å². The summed E-state index contributed by atoms with van der Waals surface area (Å²) in [5, 5.41) is 2.85. The van der Waals surface area contributed by atoms with E-state index in [0.29, 0.717) is 0 Å². The number of nitrogens with zero attached hydrogens (tertiary/aromatic N) is 1. The lowest BCUT2D eigenvalue weighted by molar-refractivity contribution is 0.0508. The first kappa shape index (κ1) is 16.3. The number of anilines is 1. The number of ether oxygens (including phenoxy) is 1. The fraction of sp³-hybridized carbons (Fsp3) is 0.562. The number of carbonyl (C=O) groups is 1. The summed E-state index contributed by atoms with van der Waals surface area (Å²) in [6.07, 6.45) is 0.419. The van der Waals surface area contributed by atoms with Crippen molar-refractivity contribution in [3.63, 3.8) is 0 Å². The van der Waals surface area contributed by atoms with Crippen molar-refractivity contribution in [2.45, 2.75) is 45.8 Å². The van der Waals surface area contributed by atoms with Gasteiger partial charge in [0.2, 0.25) is 0 Å². The molecule has 0 unspecified atom stereocenters. The maximum absolute atomic E-state index is 11.7. The first-order chi connectivity index (χ1) is 9.17. The standard InChI is InChI=1S/C16H26N2O2/c1-12(17-15(19)20-16(2,3)4)11-13-7-9-14(10-8-13)18(5)6/h7-10,12H,11H2,1-6H3,(H,17,19)/t12-/m0/s1. The molecule has 0 bridgehead atoms. The van der Waals surface area contributed by atoms with Gasteiger partial charge in [0.25, 0.3) is 0 Å². The van der Waals surface area contributed by atoms with Gasteiger partial charge in [-0.1, -0.05) is 12.1 Å². The highest BCUT2D eigenvalue weighted by atomic mass is 16.6. The Morgan fingerprint density at radius 3 is 2.25 bits per heavy atom. The molecule has 1 aromatic carbocycles. The minimum Gasteiger partial charge on any atom is -0.444 e. The molecule has 0 saturated carbocycles. The van der Waals surface area contributed by atoms with E-state index < -0.39 is 5.60 Å². The highest BCUT2D eigenvalue weighted by Crippen LogP contribution is 2.13. The van der Waals surface area contributed by atoms with Crippen molar-refractivity contribution >= 4 is 11.8 Å². The Hall–Kier alpha value is -1.71. The molecule has 0 fully saturated rings. The monoisotopic (exact) mass is 278 g/mol. The molecule has 1 aromatic rings. The van der Waals surface area contributed by atoms with Gasteiger partial charge < -0.3 is 15.0 Å². The molecular weight excluding hydrogens is 252 g/mol. The Morgan fingerprint density at radius 2 is 1.80 bits per heavy atom. The predicted octanol–water partition coefficient (Wildman–Crippen LogP) is 3.21. The van der Waals surface area contributed by atoms with Gasteiger partial charge >= 0.3 is 6.09 Å². The van der Waals surface area contributed by atoms with E-state index in [4.69, 9.17) is 4.74 Å². The van der Waals surface area contributed by atoms with E-state index in [2.05, 4.69) is 34.5 Å². The second kappa shape index (κ2) is 6.64. The van der Waals surface area contributed by atoms with Crippen LogP contribution in [-0.2, 0) is 11.2 Å². The molecular formula is C16H26N2O2. The predicted molar refractivity (Wildman–Crippen MR) is 83.3 cm³/mol. The molecule has 0 radical (unpaired) electrons. The summed E-state index contributed by atoms with van der Waals surface area (Å²) in [6.45, 7) is 7.55. The third-order valence-electron chi connectivity index (χ3n) is 2.76. The Kier molecular flexibility index (Phi) is 5.43. The van der Waals surface area contributed by atoms with Crippen LogP contribution in [0.4, 0.5) is 10.5 Å². The zero-order chi connectivity index (χ0) is 15.3. The minimum absolute atomic E-state index is 0.0371. The Balaban J connectivity index is 2.50. The lowest BCUT2D eigenvalue weighted by Gasteiger charge is -2.22. The van der Waals surface area contributed by atoms with Gasteiger partial charge in [-0.25, -0.2) is 4.79 Å². The number of hydrogen-bond donors (Lipinski definition) is 1. The quantitative estimate of drug-likeness (QED) is 0.919. The van der Waals surface area contributed by atoms with Crippen LogP contribution in [0.1, 0.15) is 33.3 Å². The maximum atomic E-state index is 11.7. The second-order valence-electron chi connectivity index (χ2n) is 6.31. The van der Waals surface area contributed by atoms with Gasteiger partial charge in [0.05, 0.1) is 0 Å². The van der Waals surface area contributed by atoms with Crippen LogP contribution in [0.2, 0.25) is 0 Å². The summed E-state index contributed by atoms with van der Waals surface area (Å²) in [4.78, 5) is 13.7. The summed E-state index contributed by atoms with van der Waals surface area (Å²) >= 11 is 0. The molecule has 0 aliphatic carbocycles. The molecule has 1 N–H and O–H groups in total. The average molecular weight is 278 g/mol. The molecule has 0 aromatic heterocycles. The summed E-state index contributed by atoms with van der Waals surface area (Å²) < 4.78 is 5.24. The van der Waals surface area contributed by atoms with Crippen molar-refractivity contribution in [3.05, 3.63) is 29.8 Å². The van der Waals surface area contributed by atoms with E-state index in [0.717, 1.165) is 6.42 Å². The van der Waals surface area contributed by atoms with Crippen molar-refractivity contribution in [2.75, 3.05) is 19.0 Å². The van der Waals surface area contributed by atoms with Crippen molar-refractivity contribution in [1.29, 1.82) is 0 Å². The zero-order valence-electron chi connectivity index (χ0n) is 13.4. The molecule has 0 heterocycles. The summed E-state index contributed by atoms with van der Waals surface area (Å²) in [6, 6.07) is 8.37. The van der Waals surface area contributed by atoms with Gasteiger partial charge in [-0.3, -0.25) is 0 Å². The lowest BCUT2D eigenvalue weighted by atomic mass is 10.1. The van der Waals surface area contributed by atoms with Crippen LogP contribution in [0.3, 0.4) is 0 Å². The van der Waals surface area contributed by atoms with Crippen LogP contribution in [0.25, 0.3) is 0 Å².